The van der Waals surface area contributed by atoms with Gasteiger partial charge in [-0.05, 0) is 82.2 Å². The van der Waals surface area contributed by atoms with Crippen molar-refractivity contribution in [3.63, 3.8) is 0 Å². The molecule has 1 radical (unpaired) electrons. The Bertz CT molecular complexity index is 2780. The number of hydrogen-bond donors (Lipinski definition) is 1. The molecule has 0 unspecified atom stereocenters. The number of hydrogen-bond acceptors (Lipinski definition) is 4. The quantitative estimate of drug-likeness (QED) is 0.0672. The standard InChI is InChI=1S/C44H32P2.C8H3N2O4.CH3.Ir/c1-5-19-35(20-6-1)45(36-21-7-2-8-22-36)41-31-29-33-17-13-15-27-39(33)43(41)44-40-28-16-14-18-34(40)30-32-42(44)46(37-23-9-3-10-24-37)38-25-11-4-12-26-38;9-4-6-2-1-5(8(11)12)3-7(6)10(13)14;;/h1-32H;2-3H,(H,11,12);1H3;/q;2*-1;/p+2. The van der Waals surface area contributed by atoms with Gasteiger partial charge in [-0.25, -0.2) is 5.26 Å². The summed E-state index contributed by atoms with van der Waals surface area (Å²) in [4.78, 5) is 20.0. The third kappa shape index (κ3) is 9.46. The number of nitrogens with zero attached hydrogens (tertiary/aromatic N) is 2. The number of rotatable bonds is 9. The molecule has 62 heavy (non-hydrogen) atoms. The average Bonchev–Trinajstić information content (AvgIpc) is 3.30. The second kappa shape index (κ2) is 20.8. The van der Waals surface area contributed by atoms with Crippen LogP contribution in [0.5, 0.6) is 0 Å². The van der Waals surface area contributed by atoms with Crippen LogP contribution in [0.1, 0.15) is 15.9 Å². The molecule has 0 saturated heterocycles. The Balaban J connectivity index is 0.000000345. The summed E-state index contributed by atoms with van der Waals surface area (Å²) in [7, 11) is -2.74. The zero-order chi connectivity index (χ0) is 41.4. The molecule has 0 aliphatic rings. The first-order valence-corrected chi connectivity index (χ1v) is 22.3. The zero-order valence-electron chi connectivity index (χ0n) is 33.5. The summed E-state index contributed by atoms with van der Waals surface area (Å²) in [5.41, 5.74) is 1.68. The van der Waals surface area contributed by atoms with Gasteiger partial charge in [0.15, 0.2) is 0 Å². The Labute approximate surface area is 377 Å². The van der Waals surface area contributed by atoms with Crippen molar-refractivity contribution in [3.8, 4) is 17.2 Å². The topological polar surface area (TPSA) is 104 Å². The molecule has 0 atom stereocenters. The van der Waals surface area contributed by atoms with Crippen LogP contribution in [0.15, 0.2) is 206 Å². The van der Waals surface area contributed by atoms with Crippen LogP contribution in [-0.2, 0) is 20.1 Å². The first-order chi connectivity index (χ1) is 29.4. The van der Waals surface area contributed by atoms with E-state index in [1.807, 2.05) is 0 Å². The maximum absolute atomic E-state index is 10.4. The molecule has 0 aliphatic carbocycles. The van der Waals surface area contributed by atoms with Crippen LogP contribution in [0.3, 0.4) is 0 Å². The van der Waals surface area contributed by atoms with E-state index < -0.39 is 32.4 Å². The van der Waals surface area contributed by atoms with Crippen LogP contribution in [0, 0.1) is 34.9 Å². The van der Waals surface area contributed by atoms with Crippen LogP contribution in [-0.4, -0.2) is 16.0 Å². The first kappa shape index (κ1) is 44.9. The van der Waals surface area contributed by atoms with Crippen molar-refractivity contribution in [2.24, 2.45) is 0 Å². The smallest absolute Gasteiger partial charge is 0.247 e. The number of aromatic carboxylic acids is 1. The van der Waals surface area contributed by atoms with Gasteiger partial charge in [0.25, 0.3) is 0 Å². The zero-order valence-corrected chi connectivity index (χ0v) is 37.9. The van der Waals surface area contributed by atoms with Gasteiger partial charge in [-0.2, -0.15) is 0 Å². The number of carboxylic acid groups (broad SMARTS) is 1. The van der Waals surface area contributed by atoms with Gasteiger partial charge in [-0.15, -0.1) is 12.1 Å². The van der Waals surface area contributed by atoms with Crippen molar-refractivity contribution in [2.75, 3.05) is 0 Å². The Morgan fingerprint density at radius 2 is 0.919 bits per heavy atom. The van der Waals surface area contributed by atoms with Gasteiger partial charge in [-0.1, -0.05) is 145 Å². The molecular formula is C53H40IrN2O4P2. The average molecular weight is 1020 g/mol. The number of carbonyl (C=O) groups is 1. The van der Waals surface area contributed by atoms with E-state index >= 15 is 0 Å². The van der Waals surface area contributed by atoms with Crippen molar-refractivity contribution < 1.29 is 34.9 Å². The number of nitro groups is 1. The molecule has 9 aromatic carbocycles. The van der Waals surface area contributed by atoms with E-state index in [0.29, 0.717) is 0 Å². The fourth-order valence-electron chi connectivity index (χ4n) is 7.72. The summed E-state index contributed by atoms with van der Waals surface area (Å²) in [6.45, 7) is 0. The second-order valence-corrected chi connectivity index (χ2v) is 18.8. The van der Waals surface area contributed by atoms with Crippen molar-refractivity contribution in [1.29, 1.82) is 5.26 Å². The van der Waals surface area contributed by atoms with Gasteiger partial charge in [0, 0.05) is 41.7 Å². The third-order valence-electron chi connectivity index (χ3n) is 10.4. The van der Waals surface area contributed by atoms with Crippen molar-refractivity contribution in [3.05, 3.63) is 241 Å². The molecule has 9 aromatic rings. The van der Waals surface area contributed by atoms with Gasteiger partial charge in [0.1, 0.15) is 31.8 Å². The third-order valence-corrected chi connectivity index (χ3v) is 15.9. The SMILES string of the molecule is N#Cc1c[c-]c(C(=O)O)cc1[N+](=O)[O-].[CH3-].[Ir].c1ccc([PH+](c2ccccc2)c2ccc3ccccc3c2-c2c([PH+](c3ccccc3)c3ccccc3)ccc3ccccc23)cc1. The maximum atomic E-state index is 10.4. The monoisotopic (exact) mass is 1020 g/mol. The van der Waals surface area contributed by atoms with Gasteiger partial charge >= 0.3 is 0 Å². The van der Waals surface area contributed by atoms with Crippen molar-refractivity contribution in [2.45, 2.75) is 0 Å². The van der Waals surface area contributed by atoms with Crippen molar-refractivity contribution in [1.82, 2.24) is 0 Å². The second-order valence-electron chi connectivity index (χ2n) is 14.0. The first-order valence-electron chi connectivity index (χ1n) is 19.3. The van der Waals surface area contributed by atoms with Gasteiger partial charge in [-0.3, -0.25) is 10.1 Å². The van der Waals surface area contributed by atoms with Crippen molar-refractivity contribution >= 4 is 80.9 Å². The molecule has 1 N–H and O–H groups in total. The number of nitriles is 1. The van der Waals surface area contributed by atoms with E-state index in [1.54, 1.807) is 6.07 Å². The van der Waals surface area contributed by atoms with Gasteiger partial charge < -0.3 is 17.3 Å². The molecule has 0 spiro atoms. The number of nitro benzene ring substituents is 1. The molecule has 9 rings (SSSR count). The fourth-order valence-corrected chi connectivity index (χ4v) is 13.3. The van der Waals surface area contributed by atoms with E-state index in [1.165, 1.54) is 64.5 Å². The Kier molecular flexibility index (Phi) is 15.0. The van der Waals surface area contributed by atoms with Crippen LogP contribution >= 0.6 is 15.8 Å². The summed E-state index contributed by atoms with van der Waals surface area (Å²) in [6.07, 6.45) is 0. The summed E-state index contributed by atoms with van der Waals surface area (Å²) in [6, 6.07) is 77.8. The Morgan fingerprint density at radius 3 is 1.26 bits per heavy atom. The summed E-state index contributed by atoms with van der Waals surface area (Å²) >= 11 is 0. The summed E-state index contributed by atoms with van der Waals surface area (Å²) < 4.78 is 0. The molecule has 0 aliphatic heterocycles. The molecule has 6 nitrogen and oxygen atoms in total. The number of fused-ring (bicyclic) bond motifs is 2. The van der Waals surface area contributed by atoms with E-state index in [2.05, 4.69) is 200 Å². The molecule has 0 heterocycles. The largest absolute Gasteiger partial charge is 0.521 e. The molecule has 305 valence electrons. The molecular weight excluding hydrogens is 983 g/mol. The predicted octanol–water partition coefficient (Wildman–Crippen LogP) is 10.1. The molecule has 0 saturated carbocycles. The summed E-state index contributed by atoms with van der Waals surface area (Å²) in [5.74, 6) is -1.32. The number of benzene rings is 9. The van der Waals surface area contributed by atoms with Gasteiger partial charge in [0.05, 0.1) is 21.9 Å². The maximum Gasteiger partial charge on any atom is 0.247 e. The molecule has 0 bridgehead atoms. The van der Waals surface area contributed by atoms with Gasteiger partial charge in [0.2, 0.25) is 11.7 Å². The van der Waals surface area contributed by atoms with E-state index in [0.717, 1.165) is 12.1 Å². The van der Waals surface area contributed by atoms with Crippen LogP contribution in [0.25, 0.3) is 32.7 Å². The molecule has 0 aromatic heterocycles. The summed E-state index contributed by atoms with van der Waals surface area (Å²) in [5, 5.41) is 41.0. The molecule has 0 fully saturated rings. The fraction of sp³-hybridized carbons (Fsp3) is 0. The molecule has 0 amide bonds. The van der Waals surface area contributed by atoms with Crippen LogP contribution < -0.4 is 31.8 Å². The van der Waals surface area contributed by atoms with Crippen LogP contribution in [0.4, 0.5) is 5.69 Å². The number of carboxylic acids is 1. The minimum Gasteiger partial charge on any atom is -0.521 e. The van der Waals surface area contributed by atoms with E-state index in [-0.39, 0.29) is 38.7 Å². The van der Waals surface area contributed by atoms with E-state index in [4.69, 9.17) is 10.4 Å². The Morgan fingerprint density at radius 1 is 0.565 bits per heavy atom. The Hall–Kier alpha value is -6.63. The normalized spacial score (nSPS) is 10.5. The molecule has 9 heteroatoms. The minimum absolute atomic E-state index is 0. The predicted molar refractivity (Wildman–Crippen MR) is 257 cm³/mol. The minimum atomic E-state index is -1.37. The van der Waals surface area contributed by atoms with Crippen LogP contribution in [0.2, 0.25) is 0 Å². The van der Waals surface area contributed by atoms with E-state index in [9.17, 15) is 14.9 Å².